The fourth-order valence-corrected chi connectivity index (χ4v) is 4.30. The lowest BCUT2D eigenvalue weighted by Gasteiger charge is -2.32. The van der Waals surface area contributed by atoms with Gasteiger partial charge < -0.3 is 4.74 Å². The summed E-state index contributed by atoms with van der Waals surface area (Å²) in [5.41, 5.74) is 4.53. The van der Waals surface area contributed by atoms with Gasteiger partial charge in [-0.05, 0) is 25.8 Å². The molecule has 138 valence electrons. The van der Waals surface area contributed by atoms with Gasteiger partial charge in [-0.3, -0.25) is 0 Å². The maximum atomic E-state index is 6.05. The number of ether oxygens (including phenoxy) is 1. The maximum Gasteiger partial charge on any atom is 0.160 e. The molecule has 0 radical (unpaired) electrons. The standard InChI is InChI=1S/C23H24N2OS/c1-23(2)15-20-19(16-26-23)22(27-14-13-17-9-5-3-6-10-17)25-21(24-20)18-11-7-4-8-12-18/h3-12H,13-16H2,1-2H3. The fraction of sp³-hybridized carbons (Fsp3) is 0.304. The van der Waals surface area contributed by atoms with Gasteiger partial charge in [-0.2, -0.15) is 0 Å². The van der Waals surface area contributed by atoms with Gasteiger partial charge in [-0.25, -0.2) is 9.97 Å². The van der Waals surface area contributed by atoms with Gasteiger partial charge in [0.2, 0.25) is 0 Å². The number of hydrogen-bond donors (Lipinski definition) is 0. The molecule has 0 unspecified atom stereocenters. The predicted octanol–water partition coefficient (Wildman–Crippen LogP) is 5.33. The van der Waals surface area contributed by atoms with Crippen molar-refractivity contribution in [2.45, 2.75) is 43.9 Å². The third-order valence-electron chi connectivity index (χ3n) is 4.76. The summed E-state index contributed by atoms with van der Waals surface area (Å²) in [5.74, 6) is 1.81. The second-order valence-corrected chi connectivity index (χ2v) is 8.54. The molecule has 0 fully saturated rings. The highest BCUT2D eigenvalue weighted by atomic mass is 32.2. The molecule has 4 heteroatoms. The molecule has 0 aliphatic carbocycles. The molecular weight excluding hydrogens is 352 g/mol. The SMILES string of the molecule is CC1(C)Cc2nc(-c3ccccc3)nc(SCCc3ccccc3)c2CO1. The first-order chi connectivity index (χ1) is 13.1. The van der Waals surface area contributed by atoms with Crippen molar-refractivity contribution in [1.29, 1.82) is 0 Å². The lowest BCUT2D eigenvalue weighted by Crippen LogP contribution is -2.33. The second kappa shape index (κ2) is 7.83. The van der Waals surface area contributed by atoms with Crippen molar-refractivity contribution in [2.24, 2.45) is 0 Å². The summed E-state index contributed by atoms with van der Waals surface area (Å²) in [5, 5.41) is 1.06. The van der Waals surface area contributed by atoms with Crippen LogP contribution in [0.2, 0.25) is 0 Å². The fourth-order valence-electron chi connectivity index (χ4n) is 3.27. The number of benzene rings is 2. The number of fused-ring (bicyclic) bond motifs is 1. The summed E-state index contributed by atoms with van der Waals surface area (Å²) in [4.78, 5) is 9.81. The van der Waals surface area contributed by atoms with Crippen LogP contribution in [0.4, 0.5) is 0 Å². The highest BCUT2D eigenvalue weighted by molar-refractivity contribution is 7.99. The van der Waals surface area contributed by atoms with Crippen molar-refractivity contribution in [1.82, 2.24) is 9.97 Å². The predicted molar refractivity (Wildman–Crippen MR) is 111 cm³/mol. The zero-order valence-electron chi connectivity index (χ0n) is 15.8. The maximum absolute atomic E-state index is 6.05. The van der Waals surface area contributed by atoms with Crippen LogP contribution in [-0.4, -0.2) is 21.3 Å². The van der Waals surface area contributed by atoms with Gasteiger partial charge in [0.1, 0.15) is 5.03 Å². The second-order valence-electron chi connectivity index (χ2n) is 7.45. The summed E-state index contributed by atoms with van der Waals surface area (Å²) in [7, 11) is 0. The van der Waals surface area contributed by atoms with E-state index in [-0.39, 0.29) is 5.60 Å². The molecule has 0 bridgehead atoms. The Kier molecular flexibility index (Phi) is 5.28. The first-order valence-electron chi connectivity index (χ1n) is 9.37. The summed E-state index contributed by atoms with van der Waals surface area (Å²) in [6.45, 7) is 4.84. The molecule has 0 atom stereocenters. The average Bonchev–Trinajstić information content (AvgIpc) is 2.68. The molecule has 3 aromatic rings. The van der Waals surface area contributed by atoms with Crippen LogP contribution in [0.3, 0.4) is 0 Å². The van der Waals surface area contributed by atoms with Crippen LogP contribution in [0.5, 0.6) is 0 Å². The normalized spacial score (nSPS) is 15.3. The largest absolute Gasteiger partial charge is 0.370 e. The van der Waals surface area contributed by atoms with E-state index in [1.165, 1.54) is 5.56 Å². The Hall–Kier alpha value is -2.17. The number of nitrogens with zero attached hydrogens (tertiary/aromatic N) is 2. The molecule has 2 aromatic carbocycles. The summed E-state index contributed by atoms with van der Waals surface area (Å²) < 4.78 is 6.05. The van der Waals surface area contributed by atoms with Crippen molar-refractivity contribution < 1.29 is 4.74 Å². The first kappa shape index (κ1) is 18.2. The molecule has 0 N–H and O–H groups in total. The van der Waals surface area contributed by atoms with E-state index in [0.717, 1.165) is 46.3 Å². The van der Waals surface area contributed by atoms with Crippen LogP contribution in [0.15, 0.2) is 65.7 Å². The topological polar surface area (TPSA) is 35.0 Å². The van der Waals surface area contributed by atoms with E-state index in [1.54, 1.807) is 0 Å². The Balaban J connectivity index is 1.63. The third-order valence-corrected chi connectivity index (χ3v) is 5.78. The van der Waals surface area contributed by atoms with Crippen molar-refractivity contribution in [2.75, 3.05) is 5.75 Å². The van der Waals surface area contributed by atoms with Crippen molar-refractivity contribution in [3.05, 3.63) is 77.5 Å². The number of hydrogen-bond acceptors (Lipinski definition) is 4. The molecule has 0 amide bonds. The van der Waals surface area contributed by atoms with Crippen LogP contribution < -0.4 is 0 Å². The smallest absolute Gasteiger partial charge is 0.160 e. The van der Waals surface area contributed by atoms with Gasteiger partial charge in [0.15, 0.2) is 5.82 Å². The lowest BCUT2D eigenvalue weighted by atomic mass is 9.96. The summed E-state index contributed by atoms with van der Waals surface area (Å²) in [6, 6.07) is 20.8. The Bertz CT molecular complexity index is 910. The Morgan fingerprint density at radius 3 is 2.41 bits per heavy atom. The molecule has 2 heterocycles. The molecular formula is C23H24N2OS. The monoisotopic (exact) mass is 376 g/mol. The van der Waals surface area contributed by atoms with Gasteiger partial charge in [0, 0.05) is 23.3 Å². The highest BCUT2D eigenvalue weighted by Gasteiger charge is 2.30. The van der Waals surface area contributed by atoms with Crippen LogP contribution in [0.25, 0.3) is 11.4 Å². The highest BCUT2D eigenvalue weighted by Crippen LogP contribution is 2.34. The third kappa shape index (κ3) is 4.40. The van der Waals surface area contributed by atoms with E-state index in [2.05, 4.69) is 56.3 Å². The van der Waals surface area contributed by atoms with Gasteiger partial charge in [-0.1, -0.05) is 60.7 Å². The number of rotatable bonds is 5. The molecule has 4 rings (SSSR count). The van der Waals surface area contributed by atoms with Gasteiger partial charge in [-0.15, -0.1) is 11.8 Å². The van der Waals surface area contributed by atoms with Gasteiger partial charge in [0.25, 0.3) is 0 Å². The van der Waals surface area contributed by atoms with Crippen LogP contribution in [0, 0.1) is 0 Å². The van der Waals surface area contributed by atoms with Crippen LogP contribution in [0.1, 0.15) is 30.7 Å². The molecule has 27 heavy (non-hydrogen) atoms. The minimum absolute atomic E-state index is 0.179. The van der Waals surface area contributed by atoms with Crippen molar-refractivity contribution >= 4 is 11.8 Å². The molecule has 0 saturated heterocycles. The minimum atomic E-state index is -0.179. The Morgan fingerprint density at radius 1 is 0.963 bits per heavy atom. The number of aryl methyl sites for hydroxylation is 1. The van der Waals surface area contributed by atoms with E-state index in [1.807, 2.05) is 30.0 Å². The molecule has 0 saturated carbocycles. The van der Waals surface area contributed by atoms with Crippen molar-refractivity contribution in [3.63, 3.8) is 0 Å². The molecule has 1 aromatic heterocycles. The average molecular weight is 377 g/mol. The Labute approximate surface area is 165 Å². The van der Waals surface area contributed by atoms with Gasteiger partial charge >= 0.3 is 0 Å². The summed E-state index contributed by atoms with van der Waals surface area (Å²) in [6.07, 6.45) is 1.84. The van der Waals surface area contributed by atoms with Crippen LogP contribution in [-0.2, 0) is 24.2 Å². The van der Waals surface area contributed by atoms with E-state index in [4.69, 9.17) is 14.7 Å². The van der Waals surface area contributed by atoms with Crippen LogP contribution >= 0.6 is 11.8 Å². The van der Waals surface area contributed by atoms with Crippen molar-refractivity contribution in [3.8, 4) is 11.4 Å². The van der Waals surface area contributed by atoms with E-state index < -0.39 is 0 Å². The zero-order chi connectivity index (χ0) is 18.7. The lowest BCUT2D eigenvalue weighted by molar-refractivity contribution is -0.0428. The molecule has 3 nitrogen and oxygen atoms in total. The van der Waals surface area contributed by atoms with Gasteiger partial charge in [0.05, 0.1) is 17.9 Å². The Morgan fingerprint density at radius 2 is 1.67 bits per heavy atom. The number of thioether (sulfide) groups is 1. The summed E-state index contributed by atoms with van der Waals surface area (Å²) >= 11 is 1.81. The zero-order valence-corrected chi connectivity index (χ0v) is 16.6. The van der Waals surface area contributed by atoms with E-state index >= 15 is 0 Å². The number of aromatic nitrogens is 2. The minimum Gasteiger partial charge on any atom is -0.370 e. The van der Waals surface area contributed by atoms with E-state index in [9.17, 15) is 0 Å². The quantitative estimate of drug-likeness (QED) is 0.445. The first-order valence-corrected chi connectivity index (χ1v) is 10.4. The molecule has 1 aliphatic heterocycles. The molecule has 1 aliphatic rings. The molecule has 0 spiro atoms. The van der Waals surface area contributed by atoms with E-state index in [0.29, 0.717) is 6.61 Å².